The summed E-state index contributed by atoms with van der Waals surface area (Å²) in [6.45, 7) is 6.25. The highest BCUT2D eigenvalue weighted by Gasteiger charge is 2.22. The van der Waals surface area contributed by atoms with Crippen LogP contribution in [-0.2, 0) is 0 Å². The minimum atomic E-state index is 0.0761. The van der Waals surface area contributed by atoms with E-state index < -0.39 is 0 Å². The van der Waals surface area contributed by atoms with Gasteiger partial charge < -0.3 is 20.1 Å². The summed E-state index contributed by atoms with van der Waals surface area (Å²) in [6, 6.07) is 4.46. The molecule has 2 aliphatic rings. The number of carbonyl (C=O) groups is 1. The number of nitrogens with one attached hydrogen (secondary N) is 2. The zero-order valence-corrected chi connectivity index (χ0v) is 12.7. The van der Waals surface area contributed by atoms with Gasteiger partial charge in [-0.05, 0) is 44.4 Å². The predicted octanol–water partition coefficient (Wildman–Crippen LogP) is 1.24. The van der Waals surface area contributed by atoms with E-state index in [1.165, 1.54) is 19.3 Å². The Labute approximate surface area is 126 Å². The molecule has 2 heterocycles. The van der Waals surface area contributed by atoms with Crippen molar-refractivity contribution >= 4 is 5.91 Å². The second kappa shape index (κ2) is 7.09. The Morgan fingerprint density at radius 3 is 2.86 bits per heavy atom. The molecule has 2 fully saturated rings. The van der Waals surface area contributed by atoms with Gasteiger partial charge >= 0.3 is 0 Å². The quantitative estimate of drug-likeness (QED) is 0.775. The number of rotatable bonds is 6. The number of carbonyl (C=O) groups excluding carboxylic acids is 1. The normalized spacial score (nSPS) is 20.2. The molecule has 5 heteroatoms. The van der Waals surface area contributed by atoms with Crippen LogP contribution < -0.4 is 10.6 Å². The van der Waals surface area contributed by atoms with Crippen LogP contribution in [0.15, 0.2) is 18.3 Å². The number of aromatic nitrogens is 1. The first kappa shape index (κ1) is 14.6. The average molecular weight is 290 g/mol. The Balaban J connectivity index is 1.40. The molecule has 0 unspecified atom stereocenters. The summed E-state index contributed by atoms with van der Waals surface area (Å²) >= 11 is 0. The highest BCUT2D eigenvalue weighted by molar-refractivity contribution is 5.92. The van der Waals surface area contributed by atoms with E-state index in [0.717, 1.165) is 51.4 Å². The van der Waals surface area contributed by atoms with Crippen molar-refractivity contribution in [2.45, 2.75) is 31.7 Å². The molecule has 0 bridgehead atoms. The maximum absolute atomic E-state index is 12.3. The van der Waals surface area contributed by atoms with E-state index in [2.05, 4.69) is 20.1 Å². The van der Waals surface area contributed by atoms with E-state index in [9.17, 15) is 4.79 Å². The van der Waals surface area contributed by atoms with Crippen molar-refractivity contribution in [1.29, 1.82) is 0 Å². The van der Waals surface area contributed by atoms with Gasteiger partial charge in [-0.15, -0.1) is 0 Å². The Bertz CT molecular complexity index is 461. The maximum atomic E-state index is 12.3. The number of hydrogen-bond donors (Lipinski definition) is 2. The highest BCUT2D eigenvalue weighted by atomic mass is 16.1. The summed E-state index contributed by atoms with van der Waals surface area (Å²) in [6.07, 6.45) is 6.76. The van der Waals surface area contributed by atoms with Crippen LogP contribution in [0.5, 0.6) is 0 Å². The second-order valence-electron chi connectivity index (χ2n) is 6.09. The number of nitrogens with zero attached hydrogens (tertiary/aromatic N) is 2. The zero-order chi connectivity index (χ0) is 14.5. The van der Waals surface area contributed by atoms with E-state index in [0.29, 0.717) is 6.04 Å². The van der Waals surface area contributed by atoms with Crippen LogP contribution in [0.4, 0.5) is 0 Å². The standard InChI is InChI=1S/C16H26N4O/c21-16(15-6-2-11-20(15)14-4-1-5-14)18-7-3-10-19-12-8-17-9-13-19/h2,6,11,14,17H,1,3-5,7-10,12-13H2,(H,18,21). The molecule has 0 atom stereocenters. The molecule has 0 spiro atoms. The predicted molar refractivity (Wildman–Crippen MR) is 83.6 cm³/mol. The summed E-state index contributed by atoms with van der Waals surface area (Å²) in [5, 5.41) is 6.42. The minimum absolute atomic E-state index is 0.0761. The van der Waals surface area contributed by atoms with Crippen molar-refractivity contribution in [3.8, 4) is 0 Å². The van der Waals surface area contributed by atoms with E-state index in [1.54, 1.807) is 0 Å². The number of hydrogen-bond acceptors (Lipinski definition) is 3. The van der Waals surface area contributed by atoms with E-state index in [-0.39, 0.29) is 5.91 Å². The van der Waals surface area contributed by atoms with Gasteiger partial charge in [0, 0.05) is 45.0 Å². The Kier molecular flexibility index (Phi) is 4.93. The van der Waals surface area contributed by atoms with Crippen LogP contribution >= 0.6 is 0 Å². The molecule has 0 radical (unpaired) electrons. The third-order valence-electron chi connectivity index (χ3n) is 4.63. The molecule has 3 rings (SSSR count). The van der Waals surface area contributed by atoms with Crippen molar-refractivity contribution in [2.24, 2.45) is 0 Å². The zero-order valence-electron chi connectivity index (χ0n) is 12.7. The molecule has 1 amide bonds. The van der Waals surface area contributed by atoms with E-state index >= 15 is 0 Å². The van der Waals surface area contributed by atoms with Crippen molar-refractivity contribution in [3.63, 3.8) is 0 Å². The molecule has 116 valence electrons. The minimum Gasteiger partial charge on any atom is -0.351 e. The molecule has 1 saturated heterocycles. The first-order valence-corrected chi connectivity index (χ1v) is 8.23. The summed E-state index contributed by atoms with van der Waals surface area (Å²) < 4.78 is 2.15. The first-order valence-electron chi connectivity index (χ1n) is 8.23. The molecule has 1 saturated carbocycles. The number of amides is 1. The van der Waals surface area contributed by atoms with Gasteiger partial charge in [-0.2, -0.15) is 0 Å². The molecule has 0 aromatic carbocycles. The molecule has 21 heavy (non-hydrogen) atoms. The van der Waals surface area contributed by atoms with Crippen LogP contribution in [0.2, 0.25) is 0 Å². The summed E-state index contributed by atoms with van der Waals surface area (Å²) in [5.74, 6) is 0.0761. The molecule has 1 aromatic rings. The fourth-order valence-electron chi connectivity index (χ4n) is 3.10. The van der Waals surface area contributed by atoms with Gasteiger partial charge in [0.2, 0.25) is 0 Å². The van der Waals surface area contributed by atoms with Gasteiger partial charge in [-0.25, -0.2) is 0 Å². The summed E-state index contributed by atoms with van der Waals surface area (Å²) in [5.41, 5.74) is 0.821. The van der Waals surface area contributed by atoms with Gasteiger partial charge in [0.25, 0.3) is 5.91 Å². The van der Waals surface area contributed by atoms with Gasteiger partial charge in [0.05, 0.1) is 0 Å². The van der Waals surface area contributed by atoms with Crippen LogP contribution in [0, 0.1) is 0 Å². The topological polar surface area (TPSA) is 49.3 Å². The SMILES string of the molecule is O=C(NCCCN1CCNCC1)c1cccn1C1CCC1. The van der Waals surface area contributed by atoms with E-state index in [4.69, 9.17) is 0 Å². The molecule has 2 N–H and O–H groups in total. The molecule has 1 aliphatic carbocycles. The van der Waals surface area contributed by atoms with Crippen LogP contribution in [0.25, 0.3) is 0 Å². The van der Waals surface area contributed by atoms with Gasteiger partial charge in [0.1, 0.15) is 5.69 Å². The molecule has 5 nitrogen and oxygen atoms in total. The third kappa shape index (κ3) is 3.66. The monoisotopic (exact) mass is 290 g/mol. The van der Waals surface area contributed by atoms with Crippen LogP contribution in [-0.4, -0.2) is 54.6 Å². The van der Waals surface area contributed by atoms with Crippen LogP contribution in [0.1, 0.15) is 42.2 Å². The lowest BCUT2D eigenvalue weighted by molar-refractivity contribution is 0.0936. The van der Waals surface area contributed by atoms with E-state index in [1.807, 2.05) is 18.3 Å². The highest BCUT2D eigenvalue weighted by Crippen LogP contribution is 2.32. The Morgan fingerprint density at radius 1 is 1.33 bits per heavy atom. The molecular weight excluding hydrogens is 264 g/mol. The largest absolute Gasteiger partial charge is 0.351 e. The van der Waals surface area contributed by atoms with Crippen molar-refractivity contribution < 1.29 is 4.79 Å². The second-order valence-corrected chi connectivity index (χ2v) is 6.09. The van der Waals surface area contributed by atoms with Crippen LogP contribution in [0.3, 0.4) is 0 Å². The average Bonchev–Trinajstić information content (AvgIpc) is 2.92. The fourth-order valence-corrected chi connectivity index (χ4v) is 3.10. The van der Waals surface area contributed by atoms with Crippen molar-refractivity contribution in [3.05, 3.63) is 24.0 Å². The molecule has 1 aliphatic heterocycles. The lowest BCUT2D eigenvalue weighted by Crippen LogP contribution is -2.44. The Hall–Kier alpha value is -1.33. The lowest BCUT2D eigenvalue weighted by Gasteiger charge is -2.29. The number of piperazine rings is 1. The maximum Gasteiger partial charge on any atom is 0.267 e. The third-order valence-corrected chi connectivity index (χ3v) is 4.63. The summed E-state index contributed by atoms with van der Waals surface area (Å²) in [4.78, 5) is 14.7. The fraction of sp³-hybridized carbons (Fsp3) is 0.688. The molecule has 1 aromatic heterocycles. The smallest absolute Gasteiger partial charge is 0.267 e. The first-order chi connectivity index (χ1) is 10.3. The van der Waals surface area contributed by atoms with Gasteiger partial charge in [-0.1, -0.05) is 0 Å². The molecular formula is C16H26N4O. The van der Waals surface area contributed by atoms with Crippen molar-refractivity contribution in [2.75, 3.05) is 39.3 Å². The summed E-state index contributed by atoms with van der Waals surface area (Å²) in [7, 11) is 0. The van der Waals surface area contributed by atoms with Crippen molar-refractivity contribution in [1.82, 2.24) is 20.1 Å². The Morgan fingerprint density at radius 2 is 2.14 bits per heavy atom. The lowest BCUT2D eigenvalue weighted by atomic mass is 9.93. The van der Waals surface area contributed by atoms with Gasteiger partial charge in [-0.3, -0.25) is 4.79 Å². The van der Waals surface area contributed by atoms with Gasteiger partial charge in [0.15, 0.2) is 0 Å².